The average Bonchev–Trinajstić information content (AvgIpc) is 2.39. The summed E-state index contributed by atoms with van der Waals surface area (Å²) in [7, 11) is 0. The molecule has 1 nitrogen and oxygen atoms in total. The summed E-state index contributed by atoms with van der Waals surface area (Å²) >= 11 is 5.98. The fourth-order valence-electron chi connectivity index (χ4n) is 2.58. The van der Waals surface area contributed by atoms with Crippen molar-refractivity contribution >= 4 is 11.6 Å². The van der Waals surface area contributed by atoms with Crippen LogP contribution in [0.15, 0.2) is 18.2 Å². The van der Waals surface area contributed by atoms with Gasteiger partial charge in [-0.05, 0) is 54.4 Å². The molecule has 1 N–H and O–H groups in total. The lowest BCUT2D eigenvalue weighted by atomic mass is 9.88. The Morgan fingerprint density at radius 2 is 2.12 bits per heavy atom. The number of aryl methyl sites for hydroxylation is 1. The molecule has 2 atom stereocenters. The van der Waals surface area contributed by atoms with Crippen LogP contribution in [0.4, 0.5) is 0 Å². The first-order valence-electron chi connectivity index (χ1n) is 6.04. The van der Waals surface area contributed by atoms with Crippen molar-refractivity contribution in [2.45, 2.75) is 39.2 Å². The first-order valence-corrected chi connectivity index (χ1v) is 6.42. The van der Waals surface area contributed by atoms with Gasteiger partial charge in [0.25, 0.3) is 0 Å². The van der Waals surface area contributed by atoms with E-state index in [1.54, 1.807) is 0 Å². The summed E-state index contributed by atoms with van der Waals surface area (Å²) in [6.45, 7) is 4.47. The van der Waals surface area contributed by atoms with Crippen molar-refractivity contribution in [3.8, 4) is 0 Å². The molecule has 0 spiro atoms. The van der Waals surface area contributed by atoms with E-state index in [1.165, 1.54) is 12.0 Å². The van der Waals surface area contributed by atoms with Crippen molar-refractivity contribution in [2.24, 2.45) is 11.8 Å². The quantitative estimate of drug-likeness (QED) is 0.734. The van der Waals surface area contributed by atoms with Gasteiger partial charge in [0.15, 0.2) is 0 Å². The molecule has 0 heterocycles. The first kappa shape index (κ1) is 11.9. The van der Waals surface area contributed by atoms with Gasteiger partial charge < -0.3 is 5.11 Å². The van der Waals surface area contributed by atoms with Crippen molar-refractivity contribution in [1.82, 2.24) is 0 Å². The largest absolute Gasteiger partial charge is 0.388 e. The fraction of sp³-hybridized carbons (Fsp3) is 0.571. The van der Waals surface area contributed by atoms with Crippen LogP contribution in [0.25, 0.3) is 0 Å². The Morgan fingerprint density at radius 1 is 1.38 bits per heavy atom. The number of aliphatic hydroxyl groups is 1. The van der Waals surface area contributed by atoms with E-state index in [0.29, 0.717) is 11.8 Å². The molecular formula is C14H19ClO. The van der Waals surface area contributed by atoms with Crippen LogP contribution in [0, 0.1) is 11.8 Å². The van der Waals surface area contributed by atoms with Crippen LogP contribution in [0.1, 0.15) is 43.9 Å². The lowest BCUT2D eigenvalue weighted by Gasteiger charge is -2.20. The van der Waals surface area contributed by atoms with Crippen molar-refractivity contribution in [1.29, 1.82) is 0 Å². The maximum Gasteiger partial charge on any atom is 0.0796 e. The standard InChI is InChI=1S/C14H19ClO/c1-9(2)11-4-3-10-5-6-12(15)8-13(10)14(16)7-11/h5-6,8-9,11,14,16H,3-4,7H2,1-2H3/t11-,14-/m0/s1. The fourth-order valence-corrected chi connectivity index (χ4v) is 2.76. The molecule has 1 aliphatic rings. The van der Waals surface area contributed by atoms with E-state index in [0.717, 1.165) is 23.4 Å². The first-order chi connectivity index (χ1) is 7.58. The molecule has 2 rings (SSSR count). The molecule has 0 aliphatic heterocycles. The highest BCUT2D eigenvalue weighted by Gasteiger charge is 2.24. The normalized spacial score (nSPS) is 25.3. The minimum atomic E-state index is -0.344. The monoisotopic (exact) mass is 238 g/mol. The summed E-state index contributed by atoms with van der Waals surface area (Å²) in [5.74, 6) is 1.25. The van der Waals surface area contributed by atoms with Gasteiger partial charge in [-0.25, -0.2) is 0 Å². The van der Waals surface area contributed by atoms with E-state index >= 15 is 0 Å². The third-order valence-corrected chi connectivity index (χ3v) is 3.96. The van der Waals surface area contributed by atoms with Crippen molar-refractivity contribution < 1.29 is 5.11 Å². The minimum absolute atomic E-state index is 0.344. The highest BCUT2D eigenvalue weighted by molar-refractivity contribution is 6.30. The number of hydrogen-bond acceptors (Lipinski definition) is 1. The predicted octanol–water partition coefficient (Wildman–Crippen LogP) is 3.98. The maximum atomic E-state index is 10.2. The number of fused-ring (bicyclic) bond motifs is 1. The van der Waals surface area contributed by atoms with E-state index in [1.807, 2.05) is 12.1 Å². The Bertz CT molecular complexity index is 373. The number of aliphatic hydroxyl groups excluding tert-OH is 1. The molecule has 0 amide bonds. The number of rotatable bonds is 1. The van der Waals surface area contributed by atoms with Crippen molar-refractivity contribution in [2.75, 3.05) is 0 Å². The summed E-state index contributed by atoms with van der Waals surface area (Å²) in [4.78, 5) is 0. The van der Waals surface area contributed by atoms with Crippen LogP contribution in [-0.4, -0.2) is 5.11 Å². The second-order valence-electron chi connectivity index (χ2n) is 5.14. The highest BCUT2D eigenvalue weighted by atomic mass is 35.5. The molecule has 0 unspecified atom stereocenters. The average molecular weight is 239 g/mol. The summed E-state index contributed by atoms with van der Waals surface area (Å²) in [6, 6.07) is 5.90. The van der Waals surface area contributed by atoms with E-state index in [9.17, 15) is 5.11 Å². The molecule has 0 aromatic heterocycles. The van der Waals surface area contributed by atoms with Gasteiger partial charge in [-0.2, -0.15) is 0 Å². The Morgan fingerprint density at radius 3 is 2.81 bits per heavy atom. The number of benzene rings is 1. The molecule has 1 aromatic rings. The number of halogens is 1. The summed E-state index contributed by atoms with van der Waals surface area (Å²) in [6.07, 6.45) is 2.75. The Kier molecular flexibility index (Phi) is 3.56. The molecule has 1 aliphatic carbocycles. The van der Waals surface area contributed by atoms with Gasteiger partial charge in [0.1, 0.15) is 0 Å². The van der Waals surface area contributed by atoms with Crippen molar-refractivity contribution in [3.05, 3.63) is 34.3 Å². The van der Waals surface area contributed by atoms with Gasteiger partial charge in [0.05, 0.1) is 6.10 Å². The molecular weight excluding hydrogens is 220 g/mol. The van der Waals surface area contributed by atoms with Crippen LogP contribution in [0.5, 0.6) is 0 Å². The molecule has 0 bridgehead atoms. The molecule has 0 fully saturated rings. The lowest BCUT2D eigenvalue weighted by Crippen LogP contribution is -2.11. The van der Waals surface area contributed by atoms with Crippen LogP contribution in [0.2, 0.25) is 5.02 Å². The zero-order chi connectivity index (χ0) is 11.7. The Hall–Kier alpha value is -0.530. The van der Waals surface area contributed by atoms with E-state index < -0.39 is 0 Å². The van der Waals surface area contributed by atoms with Gasteiger partial charge in [0, 0.05) is 5.02 Å². The smallest absolute Gasteiger partial charge is 0.0796 e. The number of hydrogen-bond donors (Lipinski definition) is 1. The second kappa shape index (κ2) is 4.77. The maximum absolute atomic E-state index is 10.2. The molecule has 2 heteroatoms. The van der Waals surface area contributed by atoms with E-state index in [4.69, 9.17) is 11.6 Å². The third-order valence-electron chi connectivity index (χ3n) is 3.72. The summed E-state index contributed by atoms with van der Waals surface area (Å²) in [5.41, 5.74) is 2.30. The van der Waals surface area contributed by atoms with Gasteiger partial charge in [0.2, 0.25) is 0 Å². The van der Waals surface area contributed by atoms with Crippen LogP contribution >= 0.6 is 11.6 Å². The molecule has 0 saturated carbocycles. The molecule has 0 radical (unpaired) electrons. The van der Waals surface area contributed by atoms with Gasteiger partial charge >= 0.3 is 0 Å². The van der Waals surface area contributed by atoms with Crippen LogP contribution < -0.4 is 0 Å². The van der Waals surface area contributed by atoms with Gasteiger partial charge in [-0.1, -0.05) is 31.5 Å². The van der Waals surface area contributed by atoms with Crippen LogP contribution in [0.3, 0.4) is 0 Å². The van der Waals surface area contributed by atoms with Gasteiger partial charge in [-0.3, -0.25) is 0 Å². The Balaban J connectivity index is 2.28. The molecule has 0 saturated heterocycles. The zero-order valence-electron chi connectivity index (χ0n) is 9.91. The zero-order valence-corrected chi connectivity index (χ0v) is 10.7. The minimum Gasteiger partial charge on any atom is -0.388 e. The van der Waals surface area contributed by atoms with Gasteiger partial charge in [-0.15, -0.1) is 0 Å². The SMILES string of the molecule is CC(C)[C@H]1CCc2ccc(Cl)cc2[C@@H](O)C1. The molecule has 16 heavy (non-hydrogen) atoms. The van der Waals surface area contributed by atoms with Crippen molar-refractivity contribution in [3.63, 3.8) is 0 Å². The molecule has 88 valence electrons. The third kappa shape index (κ3) is 2.41. The molecule has 1 aromatic carbocycles. The van der Waals surface area contributed by atoms with E-state index in [-0.39, 0.29) is 6.10 Å². The summed E-state index contributed by atoms with van der Waals surface area (Å²) in [5, 5.41) is 10.9. The summed E-state index contributed by atoms with van der Waals surface area (Å²) < 4.78 is 0. The predicted molar refractivity (Wildman–Crippen MR) is 67.7 cm³/mol. The van der Waals surface area contributed by atoms with Crippen LogP contribution in [-0.2, 0) is 6.42 Å². The lowest BCUT2D eigenvalue weighted by molar-refractivity contribution is 0.132. The van der Waals surface area contributed by atoms with E-state index in [2.05, 4.69) is 19.9 Å². The highest BCUT2D eigenvalue weighted by Crippen LogP contribution is 2.36. The Labute approximate surface area is 102 Å². The topological polar surface area (TPSA) is 20.2 Å². The second-order valence-corrected chi connectivity index (χ2v) is 5.57.